The first-order valence-corrected chi connectivity index (χ1v) is 7.38. The van der Waals surface area contributed by atoms with Crippen molar-refractivity contribution in [2.75, 3.05) is 0 Å². The first-order chi connectivity index (χ1) is 9.67. The predicted octanol–water partition coefficient (Wildman–Crippen LogP) is 3.73. The molecule has 1 unspecified atom stereocenters. The molecule has 1 aromatic carbocycles. The number of rotatable bonds is 4. The molecule has 0 saturated heterocycles. The second-order valence-corrected chi connectivity index (χ2v) is 5.89. The van der Waals surface area contributed by atoms with Gasteiger partial charge in [0.05, 0.1) is 6.20 Å². The summed E-state index contributed by atoms with van der Waals surface area (Å²) in [5, 5.41) is 15.6. The summed E-state index contributed by atoms with van der Waals surface area (Å²) in [7, 11) is 0. The van der Waals surface area contributed by atoms with E-state index in [0.717, 1.165) is 33.5 Å². The molecule has 2 aromatic heterocycles. The third-order valence-corrected chi connectivity index (χ3v) is 4.34. The lowest BCUT2D eigenvalue weighted by molar-refractivity contribution is 0.224. The van der Waals surface area contributed by atoms with Crippen molar-refractivity contribution >= 4 is 21.4 Å². The Morgan fingerprint density at radius 2 is 2.25 bits per heavy atom. The van der Waals surface area contributed by atoms with E-state index in [-0.39, 0.29) is 5.82 Å². The summed E-state index contributed by atoms with van der Waals surface area (Å²) in [6.45, 7) is 2.92. The molecular weight excluding hydrogens is 275 g/mol. The first-order valence-electron chi connectivity index (χ1n) is 6.57. The predicted molar refractivity (Wildman–Crippen MR) is 78.4 cm³/mol. The first kappa shape index (κ1) is 13.3. The number of benzene rings is 1. The van der Waals surface area contributed by atoms with Crippen LogP contribution in [0.15, 0.2) is 36.7 Å². The van der Waals surface area contributed by atoms with Gasteiger partial charge in [0.1, 0.15) is 11.9 Å². The number of thiophene rings is 1. The Bertz CT molecular complexity index is 734. The zero-order valence-electron chi connectivity index (χ0n) is 11.1. The van der Waals surface area contributed by atoms with E-state index < -0.39 is 6.10 Å². The van der Waals surface area contributed by atoms with Gasteiger partial charge >= 0.3 is 0 Å². The standard InChI is InChI=1S/C15H15FN2OS/c1-2-5-18-9-11(8-17-18)15(19)14-6-10-3-4-12(16)7-13(10)20-14/h3-4,6-9,15,19H,2,5H2,1H3. The largest absolute Gasteiger partial charge is 0.383 e. The average molecular weight is 290 g/mol. The van der Waals surface area contributed by atoms with Crippen LogP contribution in [0.3, 0.4) is 0 Å². The number of fused-ring (bicyclic) bond motifs is 1. The van der Waals surface area contributed by atoms with Gasteiger partial charge in [-0.15, -0.1) is 11.3 Å². The molecule has 0 saturated carbocycles. The lowest BCUT2D eigenvalue weighted by Gasteiger charge is -2.04. The molecule has 3 rings (SSSR count). The van der Waals surface area contributed by atoms with Crippen LogP contribution < -0.4 is 0 Å². The van der Waals surface area contributed by atoms with Gasteiger partial charge in [0, 0.05) is 27.9 Å². The van der Waals surface area contributed by atoms with E-state index >= 15 is 0 Å². The van der Waals surface area contributed by atoms with Gasteiger partial charge in [0.25, 0.3) is 0 Å². The zero-order valence-corrected chi connectivity index (χ0v) is 11.9. The van der Waals surface area contributed by atoms with E-state index in [1.807, 2.05) is 16.9 Å². The fraction of sp³-hybridized carbons (Fsp3) is 0.267. The number of hydrogen-bond acceptors (Lipinski definition) is 3. The van der Waals surface area contributed by atoms with Gasteiger partial charge in [-0.3, -0.25) is 4.68 Å². The molecule has 0 amide bonds. The van der Waals surface area contributed by atoms with Gasteiger partial charge in [0.2, 0.25) is 0 Å². The van der Waals surface area contributed by atoms with E-state index in [2.05, 4.69) is 12.0 Å². The minimum Gasteiger partial charge on any atom is -0.383 e. The van der Waals surface area contributed by atoms with Crippen LogP contribution in [0.4, 0.5) is 4.39 Å². The third-order valence-electron chi connectivity index (χ3n) is 3.19. The van der Waals surface area contributed by atoms with Crippen LogP contribution >= 0.6 is 11.3 Å². The average Bonchev–Trinajstić information content (AvgIpc) is 3.04. The Balaban J connectivity index is 1.92. The Morgan fingerprint density at radius 3 is 3.05 bits per heavy atom. The summed E-state index contributed by atoms with van der Waals surface area (Å²) < 4.78 is 15.9. The van der Waals surface area contributed by atoms with E-state index in [1.54, 1.807) is 12.3 Å². The quantitative estimate of drug-likeness (QED) is 0.795. The van der Waals surface area contributed by atoms with Gasteiger partial charge in [0.15, 0.2) is 0 Å². The van der Waals surface area contributed by atoms with Gasteiger partial charge in [-0.25, -0.2) is 4.39 Å². The molecule has 0 bridgehead atoms. The van der Waals surface area contributed by atoms with Crippen LogP contribution in [0.2, 0.25) is 0 Å². The minimum atomic E-state index is -0.707. The molecule has 5 heteroatoms. The number of halogens is 1. The van der Waals surface area contributed by atoms with Crippen molar-refractivity contribution in [3.8, 4) is 0 Å². The molecule has 20 heavy (non-hydrogen) atoms. The SMILES string of the molecule is CCCn1cc(C(O)c2cc3ccc(F)cc3s2)cn1. The van der Waals surface area contributed by atoms with Crippen LogP contribution in [0, 0.1) is 5.82 Å². The smallest absolute Gasteiger partial charge is 0.124 e. The van der Waals surface area contributed by atoms with Crippen molar-refractivity contribution in [3.05, 3.63) is 52.9 Å². The number of aromatic nitrogens is 2. The zero-order chi connectivity index (χ0) is 14.1. The molecule has 0 spiro atoms. The lowest BCUT2D eigenvalue weighted by Crippen LogP contribution is -1.97. The summed E-state index contributed by atoms with van der Waals surface area (Å²) in [4.78, 5) is 0.807. The molecule has 0 aliphatic heterocycles. The maximum Gasteiger partial charge on any atom is 0.124 e. The maximum atomic E-state index is 13.2. The van der Waals surface area contributed by atoms with Crippen molar-refractivity contribution in [2.24, 2.45) is 0 Å². The van der Waals surface area contributed by atoms with Gasteiger partial charge in [-0.1, -0.05) is 13.0 Å². The summed E-state index contributed by atoms with van der Waals surface area (Å²) in [6, 6.07) is 6.57. The molecule has 2 heterocycles. The minimum absolute atomic E-state index is 0.254. The van der Waals surface area contributed by atoms with Crippen LogP contribution in [0.25, 0.3) is 10.1 Å². The Morgan fingerprint density at radius 1 is 1.40 bits per heavy atom. The fourth-order valence-electron chi connectivity index (χ4n) is 2.20. The van der Waals surface area contributed by atoms with Crippen LogP contribution in [0.1, 0.15) is 29.9 Å². The highest BCUT2D eigenvalue weighted by molar-refractivity contribution is 7.19. The van der Waals surface area contributed by atoms with E-state index in [9.17, 15) is 9.50 Å². The van der Waals surface area contributed by atoms with Gasteiger partial charge < -0.3 is 5.11 Å². The molecule has 1 atom stereocenters. The summed E-state index contributed by atoms with van der Waals surface area (Å²) in [5.41, 5.74) is 0.769. The second kappa shape index (κ2) is 5.34. The monoisotopic (exact) mass is 290 g/mol. The molecule has 3 nitrogen and oxygen atoms in total. The molecule has 104 valence electrons. The lowest BCUT2D eigenvalue weighted by atomic mass is 10.1. The highest BCUT2D eigenvalue weighted by atomic mass is 32.1. The van der Waals surface area contributed by atoms with Crippen LogP contribution in [-0.2, 0) is 6.54 Å². The van der Waals surface area contributed by atoms with Crippen LogP contribution in [0.5, 0.6) is 0 Å². The van der Waals surface area contributed by atoms with Crippen molar-refractivity contribution in [3.63, 3.8) is 0 Å². The van der Waals surface area contributed by atoms with Gasteiger partial charge in [-0.2, -0.15) is 5.10 Å². The molecule has 0 aliphatic rings. The van der Waals surface area contributed by atoms with E-state index in [1.165, 1.54) is 23.5 Å². The molecule has 0 radical (unpaired) electrons. The molecule has 0 aliphatic carbocycles. The van der Waals surface area contributed by atoms with E-state index in [4.69, 9.17) is 0 Å². The van der Waals surface area contributed by atoms with Crippen molar-refractivity contribution in [1.82, 2.24) is 9.78 Å². The molecule has 0 fully saturated rings. The van der Waals surface area contributed by atoms with Crippen molar-refractivity contribution < 1.29 is 9.50 Å². The van der Waals surface area contributed by atoms with Crippen molar-refractivity contribution in [2.45, 2.75) is 26.0 Å². The summed E-state index contributed by atoms with van der Waals surface area (Å²) in [6.07, 6.45) is 3.84. The molecule has 1 N–H and O–H groups in total. The highest BCUT2D eigenvalue weighted by Gasteiger charge is 2.15. The highest BCUT2D eigenvalue weighted by Crippen LogP contribution is 2.33. The maximum absolute atomic E-state index is 13.2. The second-order valence-electron chi connectivity index (χ2n) is 4.77. The summed E-state index contributed by atoms with van der Waals surface area (Å²) in [5.74, 6) is -0.254. The topological polar surface area (TPSA) is 38.0 Å². The summed E-state index contributed by atoms with van der Waals surface area (Å²) >= 11 is 1.41. The number of nitrogens with zero attached hydrogens (tertiary/aromatic N) is 2. The normalized spacial score (nSPS) is 12.9. The molecular formula is C15H15FN2OS. The van der Waals surface area contributed by atoms with Gasteiger partial charge in [-0.05, 0) is 30.0 Å². The fourth-order valence-corrected chi connectivity index (χ4v) is 3.30. The Labute approximate surface area is 120 Å². The molecule has 3 aromatic rings. The van der Waals surface area contributed by atoms with E-state index in [0.29, 0.717) is 0 Å². The number of aryl methyl sites for hydroxylation is 1. The number of aliphatic hydroxyl groups excluding tert-OH is 1. The van der Waals surface area contributed by atoms with Crippen molar-refractivity contribution in [1.29, 1.82) is 0 Å². The van der Waals surface area contributed by atoms with Crippen LogP contribution in [-0.4, -0.2) is 14.9 Å². The number of hydrogen-bond donors (Lipinski definition) is 1. The third kappa shape index (κ3) is 2.46. The Kier molecular flexibility index (Phi) is 3.54. The Hall–Kier alpha value is -1.72. The number of aliphatic hydroxyl groups is 1.